The first-order chi connectivity index (χ1) is 4.33. The lowest BCUT2D eigenvalue weighted by atomic mass is 10.5. The number of pyridine rings is 1. The summed E-state index contributed by atoms with van der Waals surface area (Å²) in [6.45, 7) is 0. The third kappa shape index (κ3) is 1.57. The Hall–Kier alpha value is -0.760. The molecule has 0 atom stereocenters. The molecule has 1 heterocycles. The van der Waals surface area contributed by atoms with Gasteiger partial charge in [0.1, 0.15) is 18.0 Å². The highest BCUT2D eigenvalue weighted by Gasteiger charge is 1.90. The van der Waals surface area contributed by atoms with Gasteiger partial charge in [0.25, 0.3) is 0 Å². The van der Waals surface area contributed by atoms with Gasteiger partial charge in [0.2, 0.25) is 0 Å². The van der Waals surface area contributed by atoms with E-state index in [1.165, 1.54) is 0 Å². The Balaban J connectivity index is 2.94. The maximum atomic E-state index is 5.50. The third-order valence-corrected chi connectivity index (χ3v) is 1.07. The van der Waals surface area contributed by atoms with E-state index in [1.54, 1.807) is 18.3 Å². The molecule has 0 bridgehead atoms. The minimum atomic E-state index is 0.413. The predicted octanol–water partition coefficient (Wildman–Crippen LogP) is 1.91. The lowest BCUT2D eigenvalue weighted by molar-refractivity contribution is 0.472. The van der Waals surface area contributed by atoms with E-state index < -0.39 is 0 Å². The van der Waals surface area contributed by atoms with E-state index in [0.29, 0.717) is 10.9 Å². The standard InChI is InChI=1S/C6H5ClNO/c1-9-5-2-3-8-6(7)4-5/h2-4H,1H2. The number of hydrogen-bond acceptors (Lipinski definition) is 2. The highest BCUT2D eigenvalue weighted by molar-refractivity contribution is 6.29. The lowest BCUT2D eigenvalue weighted by Crippen LogP contribution is -1.79. The molecular formula is C6H5ClNO. The zero-order valence-corrected chi connectivity index (χ0v) is 5.43. The molecular weight excluding hydrogens is 138 g/mol. The van der Waals surface area contributed by atoms with Crippen molar-refractivity contribution in [3.63, 3.8) is 0 Å². The van der Waals surface area contributed by atoms with E-state index >= 15 is 0 Å². The van der Waals surface area contributed by atoms with Crippen LogP contribution in [0.2, 0.25) is 5.15 Å². The molecule has 47 valence electrons. The zero-order chi connectivity index (χ0) is 6.69. The van der Waals surface area contributed by atoms with Crippen molar-refractivity contribution in [2.75, 3.05) is 0 Å². The summed E-state index contributed by atoms with van der Waals surface area (Å²) in [7, 11) is 3.21. The molecule has 0 aliphatic carbocycles. The van der Waals surface area contributed by atoms with E-state index in [2.05, 4.69) is 16.8 Å². The van der Waals surface area contributed by atoms with Gasteiger partial charge >= 0.3 is 0 Å². The van der Waals surface area contributed by atoms with Gasteiger partial charge in [0.15, 0.2) is 0 Å². The van der Waals surface area contributed by atoms with Crippen molar-refractivity contribution in [3.05, 3.63) is 30.6 Å². The van der Waals surface area contributed by atoms with E-state index in [-0.39, 0.29) is 0 Å². The van der Waals surface area contributed by atoms with Crippen LogP contribution in [0.4, 0.5) is 0 Å². The summed E-state index contributed by atoms with van der Waals surface area (Å²) in [4.78, 5) is 3.75. The van der Waals surface area contributed by atoms with Crippen molar-refractivity contribution < 1.29 is 4.74 Å². The molecule has 0 aromatic carbocycles. The van der Waals surface area contributed by atoms with Crippen molar-refractivity contribution >= 4 is 11.6 Å². The van der Waals surface area contributed by atoms with Gasteiger partial charge in [0.05, 0.1) is 0 Å². The molecule has 1 rings (SSSR count). The molecule has 3 heteroatoms. The van der Waals surface area contributed by atoms with Crippen molar-refractivity contribution in [3.8, 4) is 5.75 Å². The molecule has 1 radical (unpaired) electrons. The van der Waals surface area contributed by atoms with Gasteiger partial charge in [0, 0.05) is 12.3 Å². The summed E-state index contributed by atoms with van der Waals surface area (Å²) in [5, 5.41) is 0.413. The smallest absolute Gasteiger partial charge is 0.132 e. The first-order valence-electron chi connectivity index (χ1n) is 2.36. The third-order valence-electron chi connectivity index (χ3n) is 0.865. The van der Waals surface area contributed by atoms with Crippen molar-refractivity contribution in [2.24, 2.45) is 0 Å². The molecule has 0 saturated heterocycles. The minimum absolute atomic E-state index is 0.413. The molecule has 2 nitrogen and oxygen atoms in total. The Bertz CT molecular complexity index is 202. The van der Waals surface area contributed by atoms with Crippen LogP contribution in [-0.2, 0) is 0 Å². The SMILES string of the molecule is [CH2]Oc1ccnc(Cl)c1. The Morgan fingerprint density at radius 3 is 2.89 bits per heavy atom. The summed E-state index contributed by atoms with van der Waals surface area (Å²) in [6.07, 6.45) is 1.56. The van der Waals surface area contributed by atoms with Crippen molar-refractivity contribution in [2.45, 2.75) is 0 Å². The summed E-state index contributed by atoms with van der Waals surface area (Å²) in [6, 6.07) is 3.27. The summed E-state index contributed by atoms with van der Waals surface area (Å²) >= 11 is 5.50. The number of hydrogen-bond donors (Lipinski definition) is 0. The lowest BCUT2D eigenvalue weighted by Gasteiger charge is -1.95. The van der Waals surface area contributed by atoms with Crippen LogP contribution >= 0.6 is 11.6 Å². The van der Waals surface area contributed by atoms with Crippen LogP contribution < -0.4 is 4.74 Å². The maximum Gasteiger partial charge on any atom is 0.132 e. The Morgan fingerprint density at radius 1 is 1.67 bits per heavy atom. The van der Waals surface area contributed by atoms with Crippen molar-refractivity contribution in [1.82, 2.24) is 4.98 Å². The fraction of sp³-hybridized carbons (Fsp3) is 0. The van der Waals surface area contributed by atoms with Crippen LogP contribution in [0.3, 0.4) is 0 Å². The fourth-order valence-corrected chi connectivity index (χ4v) is 0.638. The quantitative estimate of drug-likeness (QED) is 0.559. The molecule has 0 fully saturated rings. The van der Waals surface area contributed by atoms with E-state index in [1.807, 2.05) is 0 Å². The first kappa shape index (κ1) is 6.36. The number of nitrogens with zero attached hydrogens (tertiary/aromatic N) is 1. The van der Waals surface area contributed by atoms with Crippen LogP contribution in [0.5, 0.6) is 5.75 Å². The number of halogens is 1. The molecule has 0 aliphatic rings. The molecule has 9 heavy (non-hydrogen) atoms. The van der Waals surface area contributed by atoms with Gasteiger partial charge in [-0.1, -0.05) is 11.6 Å². The number of rotatable bonds is 1. The Kier molecular flexibility index (Phi) is 1.90. The monoisotopic (exact) mass is 142 g/mol. The average molecular weight is 143 g/mol. The molecule has 0 amide bonds. The highest BCUT2D eigenvalue weighted by atomic mass is 35.5. The topological polar surface area (TPSA) is 22.1 Å². The largest absolute Gasteiger partial charge is 0.490 e. The van der Waals surface area contributed by atoms with Gasteiger partial charge in [-0.05, 0) is 6.07 Å². The normalized spacial score (nSPS) is 9.11. The summed E-state index contributed by atoms with van der Waals surface area (Å²) < 4.78 is 4.62. The number of aromatic nitrogens is 1. The second-order valence-corrected chi connectivity index (χ2v) is 1.85. The maximum absolute atomic E-state index is 5.50. The van der Waals surface area contributed by atoms with E-state index in [4.69, 9.17) is 11.6 Å². The molecule has 0 aliphatic heterocycles. The zero-order valence-electron chi connectivity index (χ0n) is 4.67. The van der Waals surface area contributed by atoms with Gasteiger partial charge in [-0.15, -0.1) is 0 Å². The van der Waals surface area contributed by atoms with Crippen LogP contribution in [0.25, 0.3) is 0 Å². The van der Waals surface area contributed by atoms with Crippen LogP contribution in [0.15, 0.2) is 18.3 Å². The van der Waals surface area contributed by atoms with Crippen molar-refractivity contribution in [1.29, 1.82) is 0 Å². The fourth-order valence-electron chi connectivity index (χ4n) is 0.474. The summed E-state index contributed by atoms with van der Waals surface area (Å²) in [5.41, 5.74) is 0. The first-order valence-corrected chi connectivity index (χ1v) is 2.74. The van der Waals surface area contributed by atoms with Gasteiger partial charge in [-0.3, -0.25) is 0 Å². The Labute approximate surface area is 58.4 Å². The van der Waals surface area contributed by atoms with E-state index in [0.717, 1.165) is 0 Å². The highest BCUT2D eigenvalue weighted by Crippen LogP contribution is 2.13. The second kappa shape index (κ2) is 2.69. The molecule has 0 N–H and O–H groups in total. The molecule has 0 unspecified atom stereocenters. The van der Waals surface area contributed by atoms with Gasteiger partial charge in [-0.25, -0.2) is 4.98 Å². The van der Waals surface area contributed by atoms with Crippen LogP contribution in [0, 0.1) is 7.11 Å². The predicted molar refractivity (Wildman–Crippen MR) is 35.2 cm³/mol. The van der Waals surface area contributed by atoms with Crippen LogP contribution in [0.1, 0.15) is 0 Å². The Morgan fingerprint density at radius 2 is 2.44 bits per heavy atom. The summed E-state index contributed by atoms with van der Waals surface area (Å²) in [5.74, 6) is 0.620. The van der Waals surface area contributed by atoms with Crippen LogP contribution in [-0.4, -0.2) is 4.98 Å². The van der Waals surface area contributed by atoms with Gasteiger partial charge < -0.3 is 4.74 Å². The molecule has 0 saturated carbocycles. The number of ether oxygens (including phenoxy) is 1. The van der Waals surface area contributed by atoms with Gasteiger partial charge in [-0.2, -0.15) is 0 Å². The second-order valence-electron chi connectivity index (χ2n) is 1.46. The molecule has 0 spiro atoms. The minimum Gasteiger partial charge on any atom is -0.490 e. The van der Waals surface area contributed by atoms with E-state index in [9.17, 15) is 0 Å². The molecule has 1 aromatic heterocycles. The average Bonchev–Trinajstić information content (AvgIpc) is 1.88. The molecule has 1 aromatic rings.